The molecule has 0 atom stereocenters. The first-order valence-electron chi connectivity index (χ1n) is 4.37. The van der Waals surface area contributed by atoms with E-state index in [9.17, 15) is 0 Å². The highest BCUT2D eigenvalue weighted by molar-refractivity contribution is 7.98. The van der Waals surface area contributed by atoms with Gasteiger partial charge in [0.2, 0.25) is 5.89 Å². The first-order valence-corrected chi connectivity index (χ1v) is 5.52. The van der Waals surface area contributed by atoms with Crippen LogP contribution in [0.2, 0.25) is 0 Å². The summed E-state index contributed by atoms with van der Waals surface area (Å²) in [7, 11) is 0. The van der Waals surface area contributed by atoms with Crippen molar-refractivity contribution < 1.29 is 9.63 Å². The molecule has 0 bridgehead atoms. The van der Waals surface area contributed by atoms with Gasteiger partial charge in [-0.25, -0.2) is 0 Å². The fraction of sp³-hybridized carbons (Fsp3) is 0.750. The van der Waals surface area contributed by atoms with E-state index in [0.29, 0.717) is 18.7 Å². The number of thioether (sulfide) groups is 1. The van der Waals surface area contributed by atoms with Crippen LogP contribution < -0.4 is 0 Å². The maximum absolute atomic E-state index is 8.58. The molecule has 0 saturated carbocycles. The summed E-state index contributed by atoms with van der Waals surface area (Å²) >= 11 is 1.76. The Morgan fingerprint density at radius 1 is 1.54 bits per heavy atom. The molecule has 0 aliphatic heterocycles. The van der Waals surface area contributed by atoms with E-state index in [0.717, 1.165) is 17.3 Å². The minimum atomic E-state index is 0.168. The lowest BCUT2D eigenvalue weighted by Gasteiger charge is -1.89. The average Bonchev–Trinajstić information content (AvgIpc) is 2.59. The van der Waals surface area contributed by atoms with Gasteiger partial charge in [0.15, 0.2) is 5.82 Å². The summed E-state index contributed by atoms with van der Waals surface area (Å²) in [5.41, 5.74) is 0. The number of aliphatic hydroxyl groups excluding tert-OH is 1. The third-order valence-electron chi connectivity index (χ3n) is 1.49. The Hall–Kier alpha value is -0.550. The Morgan fingerprint density at radius 2 is 2.38 bits per heavy atom. The van der Waals surface area contributed by atoms with Gasteiger partial charge in [0.1, 0.15) is 0 Å². The van der Waals surface area contributed by atoms with Crippen molar-refractivity contribution in [3.63, 3.8) is 0 Å². The topological polar surface area (TPSA) is 59.2 Å². The fourth-order valence-corrected chi connectivity index (χ4v) is 1.38. The van der Waals surface area contributed by atoms with Crippen LogP contribution in [0.5, 0.6) is 0 Å². The highest BCUT2D eigenvalue weighted by atomic mass is 32.2. The molecule has 1 aromatic heterocycles. The normalized spacial score (nSPS) is 10.6. The van der Waals surface area contributed by atoms with Gasteiger partial charge in [-0.3, -0.25) is 0 Å². The maximum Gasteiger partial charge on any atom is 0.226 e. The lowest BCUT2D eigenvalue weighted by atomic mass is 10.3. The van der Waals surface area contributed by atoms with E-state index in [4.69, 9.17) is 9.63 Å². The highest BCUT2D eigenvalue weighted by Gasteiger charge is 2.04. The maximum atomic E-state index is 8.58. The summed E-state index contributed by atoms with van der Waals surface area (Å²) in [5.74, 6) is 3.24. The van der Waals surface area contributed by atoms with Crippen molar-refractivity contribution in [1.82, 2.24) is 10.1 Å². The van der Waals surface area contributed by atoms with Gasteiger partial charge in [-0.1, -0.05) is 12.1 Å². The van der Waals surface area contributed by atoms with Crippen LogP contribution in [0.4, 0.5) is 0 Å². The van der Waals surface area contributed by atoms with Gasteiger partial charge in [-0.05, 0) is 12.2 Å². The molecule has 0 aromatic carbocycles. The van der Waals surface area contributed by atoms with Crippen LogP contribution in [-0.2, 0) is 12.2 Å². The molecule has 13 heavy (non-hydrogen) atoms. The van der Waals surface area contributed by atoms with Gasteiger partial charge in [0, 0.05) is 13.0 Å². The van der Waals surface area contributed by atoms with Crippen LogP contribution in [-0.4, -0.2) is 27.6 Å². The van der Waals surface area contributed by atoms with Crippen LogP contribution in [0.1, 0.15) is 25.1 Å². The molecular weight excluding hydrogens is 188 g/mol. The Morgan fingerprint density at radius 3 is 3.08 bits per heavy atom. The largest absolute Gasteiger partial charge is 0.396 e. The quantitative estimate of drug-likeness (QED) is 0.752. The predicted molar refractivity (Wildman–Crippen MR) is 51.5 cm³/mol. The molecule has 1 N–H and O–H groups in total. The van der Waals surface area contributed by atoms with Crippen molar-refractivity contribution in [1.29, 1.82) is 0 Å². The monoisotopic (exact) mass is 202 g/mol. The first kappa shape index (κ1) is 10.5. The summed E-state index contributed by atoms with van der Waals surface area (Å²) in [5, 5.41) is 12.4. The van der Waals surface area contributed by atoms with Crippen LogP contribution in [0, 0.1) is 0 Å². The number of nitrogens with zero attached hydrogens (tertiary/aromatic N) is 2. The first-order chi connectivity index (χ1) is 6.36. The Kier molecular flexibility index (Phi) is 4.85. The smallest absolute Gasteiger partial charge is 0.226 e. The fourth-order valence-electron chi connectivity index (χ4n) is 0.874. The third-order valence-corrected chi connectivity index (χ3v) is 2.36. The van der Waals surface area contributed by atoms with Crippen LogP contribution in [0.25, 0.3) is 0 Å². The zero-order valence-electron chi connectivity index (χ0n) is 7.69. The summed E-state index contributed by atoms with van der Waals surface area (Å²) in [6, 6.07) is 0. The SMILES string of the molecule is CCSCc1noc(CCCO)n1. The second-order valence-electron chi connectivity index (χ2n) is 2.57. The molecule has 0 aliphatic carbocycles. The van der Waals surface area contributed by atoms with Gasteiger partial charge >= 0.3 is 0 Å². The number of hydrogen-bond acceptors (Lipinski definition) is 5. The zero-order chi connectivity index (χ0) is 9.52. The van der Waals surface area contributed by atoms with E-state index in [1.807, 2.05) is 0 Å². The van der Waals surface area contributed by atoms with Crippen molar-refractivity contribution in [2.75, 3.05) is 12.4 Å². The predicted octanol–water partition coefficient (Wildman–Crippen LogP) is 1.25. The number of aliphatic hydroxyl groups is 1. The molecule has 74 valence electrons. The van der Waals surface area contributed by atoms with Crippen molar-refractivity contribution in [2.45, 2.75) is 25.5 Å². The van der Waals surface area contributed by atoms with E-state index in [1.165, 1.54) is 0 Å². The molecule has 0 aliphatic rings. The standard InChI is InChI=1S/C8H14N2O2S/c1-2-13-6-7-9-8(12-10-7)4-3-5-11/h11H,2-6H2,1H3. The van der Waals surface area contributed by atoms with Crippen LogP contribution >= 0.6 is 11.8 Å². The second kappa shape index (κ2) is 5.99. The molecule has 1 rings (SSSR count). The van der Waals surface area contributed by atoms with Gasteiger partial charge < -0.3 is 9.63 Å². The average molecular weight is 202 g/mol. The molecule has 4 nitrogen and oxygen atoms in total. The molecule has 5 heteroatoms. The Labute approximate surface area is 81.7 Å². The lowest BCUT2D eigenvalue weighted by Crippen LogP contribution is -1.90. The minimum absolute atomic E-state index is 0.168. The number of hydrogen-bond donors (Lipinski definition) is 1. The lowest BCUT2D eigenvalue weighted by molar-refractivity contribution is 0.278. The van der Waals surface area contributed by atoms with E-state index in [1.54, 1.807) is 11.8 Å². The highest BCUT2D eigenvalue weighted by Crippen LogP contribution is 2.09. The van der Waals surface area contributed by atoms with Crippen molar-refractivity contribution in [2.24, 2.45) is 0 Å². The van der Waals surface area contributed by atoms with Crippen molar-refractivity contribution in [3.8, 4) is 0 Å². The van der Waals surface area contributed by atoms with Crippen LogP contribution in [0.3, 0.4) is 0 Å². The molecule has 1 heterocycles. The molecule has 1 aromatic rings. The molecule has 0 unspecified atom stereocenters. The van der Waals surface area contributed by atoms with E-state index in [2.05, 4.69) is 17.1 Å². The number of aryl methyl sites for hydroxylation is 1. The zero-order valence-corrected chi connectivity index (χ0v) is 8.51. The Bertz CT molecular complexity index is 217. The van der Waals surface area contributed by atoms with Gasteiger partial charge in [-0.2, -0.15) is 16.7 Å². The molecule has 0 radical (unpaired) electrons. The van der Waals surface area contributed by atoms with E-state index in [-0.39, 0.29) is 6.61 Å². The molecule has 0 amide bonds. The minimum Gasteiger partial charge on any atom is -0.396 e. The van der Waals surface area contributed by atoms with Crippen LogP contribution in [0.15, 0.2) is 4.52 Å². The summed E-state index contributed by atoms with van der Waals surface area (Å²) in [4.78, 5) is 4.18. The number of rotatable bonds is 6. The molecule has 0 fully saturated rings. The van der Waals surface area contributed by atoms with Gasteiger partial charge in [0.05, 0.1) is 5.75 Å². The van der Waals surface area contributed by atoms with E-state index < -0.39 is 0 Å². The van der Waals surface area contributed by atoms with Crippen molar-refractivity contribution in [3.05, 3.63) is 11.7 Å². The molecule has 0 spiro atoms. The third kappa shape index (κ3) is 3.78. The van der Waals surface area contributed by atoms with Gasteiger partial charge in [-0.15, -0.1) is 0 Å². The molecule has 0 saturated heterocycles. The number of aromatic nitrogens is 2. The summed E-state index contributed by atoms with van der Waals surface area (Å²) in [6.07, 6.45) is 1.35. The van der Waals surface area contributed by atoms with E-state index >= 15 is 0 Å². The Balaban J connectivity index is 2.34. The second-order valence-corrected chi connectivity index (χ2v) is 3.84. The van der Waals surface area contributed by atoms with Crippen molar-refractivity contribution >= 4 is 11.8 Å². The van der Waals surface area contributed by atoms with Gasteiger partial charge in [0.25, 0.3) is 0 Å². The summed E-state index contributed by atoms with van der Waals surface area (Å²) < 4.78 is 4.98. The summed E-state index contributed by atoms with van der Waals surface area (Å²) in [6.45, 7) is 2.26. The molecular formula is C8H14N2O2S.